The summed E-state index contributed by atoms with van der Waals surface area (Å²) in [7, 11) is 1.81. The molecule has 0 aromatic heterocycles. The van der Waals surface area contributed by atoms with Gasteiger partial charge in [0.15, 0.2) is 0 Å². The second-order valence-corrected chi connectivity index (χ2v) is 5.84. The Labute approximate surface area is 131 Å². The van der Waals surface area contributed by atoms with Crippen molar-refractivity contribution in [2.45, 2.75) is 26.8 Å². The van der Waals surface area contributed by atoms with Gasteiger partial charge >= 0.3 is 0 Å². The second kappa shape index (κ2) is 7.87. The van der Waals surface area contributed by atoms with Crippen molar-refractivity contribution < 1.29 is 4.79 Å². The molecule has 1 amide bonds. The molecule has 0 aliphatic rings. The Morgan fingerprint density at radius 3 is 2.55 bits per heavy atom. The van der Waals surface area contributed by atoms with Crippen molar-refractivity contribution in [2.75, 3.05) is 20.1 Å². The number of amides is 1. The van der Waals surface area contributed by atoms with Crippen LogP contribution in [0.1, 0.15) is 32.4 Å². The molecule has 20 heavy (non-hydrogen) atoms. The van der Waals surface area contributed by atoms with Gasteiger partial charge in [-0.25, -0.2) is 0 Å². The lowest BCUT2D eigenvalue weighted by atomic mass is 10.0. The molecule has 0 saturated heterocycles. The largest absolute Gasteiger partial charge is 0.339 e. The maximum Gasteiger partial charge on any atom is 0.226 e. The van der Waals surface area contributed by atoms with E-state index in [1.54, 1.807) is 24.1 Å². The van der Waals surface area contributed by atoms with Gasteiger partial charge in [0.05, 0.1) is 6.04 Å². The summed E-state index contributed by atoms with van der Waals surface area (Å²) in [6.07, 6.45) is 0. The molecule has 0 fully saturated rings. The van der Waals surface area contributed by atoms with E-state index in [1.165, 1.54) is 0 Å². The third kappa shape index (κ3) is 4.37. The molecule has 0 spiro atoms. The van der Waals surface area contributed by atoms with Gasteiger partial charge < -0.3 is 10.2 Å². The van der Waals surface area contributed by atoms with Crippen molar-refractivity contribution in [3.8, 4) is 0 Å². The molecule has 2 unspecified atom stereocenters. The number of hydrogen-bond donors (Lipinski definition) is 1. The van der Waals surface area contributed by atoms with Gasteiger partial charge in [-0.3, -0.25) is 4.79 Å². The van der Waals surface area contributed by atoms with Crippen molar-refractivity contribution in [1.82, 2.24) is 10.2 Å². The van der Waals surface area contributed by atoms with Crippen LogP contribution in [0.5, 0.6) is 0 Å². The number of nitrogens with zero attached hydrogens (tertiary/aromatic N) is 1. The molecule has 112 valence electrons. The zero-order chi connectivity index (χ0) is 15.3. The van der Waals surface area contributed by atoms with E-state index in [0.29, 0.717) is 16.6 Å². The zero-order valence-corrected chi connectivity index (χ0v) is 13.9. The van der Waals surface area contributed by atoms with Gasteiger partial charge in [0.1, 0.15) is 0 Å². The minimum absolute atomic E-state index is 0.0616. The van der Waals surface area contributed by atoms with Crippen LogP contribution in [-0.2, 0) is 4.79 Å². The monoisotopic (exact) mass is 316 g/mol. The SMILES string of the molecule is CCNCC(C)C(=O)N(C)C(C)c1ccc(Cl)cc1Cl. The topological polar surface area (TPSA) is 32.3 Å². The van der Waals surface area contributed by atoms with Crippen LogP contribution in [-0.4, -0.2) is 30.9 Å². The average molecular weight is 317 g/mol. The average Bonchev–Trinajstić information content (AvgIpc) is 2.42. The van der Waals surface area contributed by atoms with E-state index in [0.717, 1.165) is 12.1 Å². The first-order valence-corrected chi connectivity index (χ1v) is 7.56. The molecule has 0 aliphatic heterocycles. The van der Waals surface area contributed by atoms with Crippen LogP contribution in [0.25, 0.3) is 0 Å². The van der Waals surface area contributed by atoms with Crippen LogP contribution in [0.3, 0.4) is 0 Å². The lowest BCUT2D eigenvalue weighted by molar-refractivity contribution is -0.135. The van der Waals surface area contributed by atoms with E-state index in [9.17, 15) is 4.79 Å². The van der Waals surface area contributed by atoms with E-state index in [-0.39, 0.29) is 17.9 Å². The molecule has 0 radical (unpaired) electrons. The van der Waals surface area contributed by atoms with Crippen LogP contribution >= 0.6 is 23.2 Å². The summed E-state index contributed by atoms with van der Waals surface area (Å²) in [5, 5.41) is 4.37. The number of benzene rings is 1. The third-order valence-corrected chi connectivity index (χ3v) is 4.03. The van der Waals surface area contributed by atoms with Crippen molar-refractivity contribution in [2.24, 2.45) is 5.92 Å². The summed E-state index contributed by atoms with van der Waals surface area (Å²) in [4.78, 5) is 14.1. The van der Waals surface area contributed by atoms with Gasteiger partial charge in [-0.1, -0.05) is 43.1 Å². The zero-order valence-electron chi connectivity index (χ0n) is 12.4. The van der Waals surface area contributed by atoms with Crippen molar-refractivity contribution in [3.63, 3.8) is 0 Å². The molecular weight excluding hydrogens is 295 g/mol. The van der Waals surface area contributed by atoms with Crippen LogP contribution in [0.2, 0.25) is 10.0 Å². The van der Waals surface area contributed by atoms with Crippen LogP contribution in [0.4, 0.5) is 0 Å². The fourth-order valence-electron chi connectivity index (χ4n) is 2.04. The van der Waals surface area contributed by atoms with Gasteiger partial charge in [0.2, 0.25) is 5.91 Å². The Morgan fingerprint density at radius 1 is 1.35 bits per heavy atom. The lowest BCUT2D eigenvalue weighted by Gasteiger charge is -2.28. The van der Waals surface area contributed by atoms with Gasteiger partial charge in [0.25, 0.3) is 0 Å². The molecule has 3 nitrogen and oxygen atoms in total. The third-order valence-electron chi connectivity index (χ3n) is 3.46. The molecule has 1 rings (SSSR count). The number of halogens is 2. The molecule has 5 heteroatoms. The Balaban J connectivity index is 2.80. The summed E-state index contributed by atoms with van der Waals surface area (Å²) in [5.74, 6) is 0.0398. The first-order chi connectivity index (χ1) is 9.38. The van der Waals surface area contributed by atoms with Gasteiger partial charge in [-0.2, -0.15) is 0 Å². The van der Waals surface area contributed by atoms with E-state index in [1.807, 2.05) is 26.8 Å². The van der Waals surface area contributed by atoms with Crippen LogP contribution in [0, 0.1) is 5.92 Å². The Morgan fingerprint density at radius 2 is 2.00 bits per heavy atom. The summed E-state index contributed by atoms with van der Waals surface area (Å²) < 4.78 is 0. The fraction of sp³-hybridized carbons (Fsp3) is 0.533. The van der Waals surface area contributed by atoms with E-state index in [4.69, 9.17) is 23.2 Å². The molecule has 0 saturated carbocycles. The molecule has 0 bridgehead atoms. The minimum Gasteiger partial charge on any atom is -0.339 e. The highest BCUT2D eigenvalue weighted by Crippen LogP contribution is 2.29. The summed E-state index contributed by atoms with van der Waals surface area (Å²) in [6.45, 7) is 7.46. The molecule has 1 aromatic carbocycles. The second-order valence-electron chi connectivity index (χ2n) is 5.00. The molecule has 0 heterocycles. The Hall–Kier alpha value is -0.770. The highest BCUT2D eigenvalue weighted by atomic mass is 35.5. The van der Waals surface area contributed by atoms with Gasteiger partial charge in [0, 0.05) is 29.6 Å². The number of hydrogen-bond acceptors (Lipinski definition) is 2. The number of rotatable bonds is 6. The molecule has 1 N–H and O–H groups in total. The van der Waals surface area contributed by atoms with Crippen molar-refractivity contribution >= 4 is 29.1 Å². The molecular formula is C15H22Cl2N2O. The van der Waals surface area contributed by atoms with E-state index < -0.39 is 0 Å². The Bertz CT molecular complexity index is 465. The predicted molar refractivity (Wildman–Crippen MR) is 85.4 cm³/mol. The highest BCUT2D eigenvalue weighted by Gasteiger charge is 2.23. The normalized spacial score (nSPS) is 13.9. The van der Waals surface area contributed by atoms with Gasteiger partial charge in [-0.05, 0) is 31.2 Å². The standard InChI is InChI=1S/C15H22Cl2N2O/c1-5-18-9-10(2)15(20)19(4)11(3)13-7-6-12(16)8-14(13)17/h6-8,10-11,18H,5,9H2,1-4H3. The maximum atomic E-state index is 12.4. The summed E-state index contributed by atoms with van der Waals surface area (Å²) in [6, 6.07) is 5.28. The maximum absolute atomic E-state index is 12.4. The number of carbonyl (C=O) groups excluding carboxylic acids is 1. The Kier molecular flexibility index (Phi) is 6.80. The lowest BCUT2D eigenvalue weighted by Crippen LogP contribution is -2.38. The number of carbonyl (C=O) groups is 1. The van der Waals surface area contributed by atoms with Gasteiger partial charge in [-0.15, -0.1) is 0 Å². The van der Waals surface area contributed by atoms with Crippen molar-refractivity contribution in [3.05, 3.63) is 33.8 Å². The molecule has 0 aliphatic carbocycles. The fourth-order valence-corrected chi connectivity index (χ4v) is 2.60. The first kappa shape index (κ1) is 17.3. The summed E-state index contributed by atoms with van der Waals surface area (Å²) >= 11 is 12.1. The van der Waals surface area contributed by atoms with Crippen molar-refractivity contribution in [1.29, 1.82) is 0 Å². The highest BCUT2D eigenvalue weighted by molar-refractivity contribution is 6.35. The smallest absolute Gasteiger partial charge is 0.226 e. The number of nitrogens with one attached hydrogen (secondary N) is 1. The van der Waals surface area contributed by atoms with E-state index >= 15 is 0 Å². The molecule has 2 atom stereocenters. The van der Waals surface area contributed by atoms with Crippen LogP contribution < -0.4 is 5.32 Å². The summed E-state index contributed by atoms with van der Waals surface area (Å²) in [5.41, 5.74) is 0.905. The molecule has 1 aromatic rings. The van der Waals surface area contributed by atoms with Crippen LogP contribution in [0.15, 0.2) is 18.2 Å². The predicted octanol–water partition coefficient (Wildman–Crippen LogP) is 3.76. The quantitative estimate of drug-likeness (QED) is 0.866. The van der Waals surface area contributed by atoms with E-state index in [2.05, 4.69) is 5.32 Å². The minimum atomic E-state index is -0.0867. The first-order valence-electron chi connectivity index (χ1n) is 6.80.